The van der Waals surface area contributed by atoms with Crippen molar-refractivity contribution in [3.63, 3.8) is 0 Å². The zero-order chi connectivity index (χ0) is 16.5. The Morgan fingerprint density at radius 1 is 1.17 bits per heavy atom. The van der Waals surface area contributed by atoms with Crippen LogP contribution in [0, 0.1) is 0 Å². The summed E-state index contributed by atoms with van der Waals surface area (Å²) in [5, 5.41) is 8.96. The highest BCUT2D eigenvalue weighted by molar-refractivity contribution is 14.0. The molecule has 0 bridgehead atoms. The lowest BCUT2D eigenvalue weighted by Crippen LogP contribution is -2.43. The number of rotatable bonds is 7. The average Bonchev–Trinajstić information content (AvgIpc) is 3.03. The molecule has 1 amide bonds. The molecule has 1 aliphatic rings. The van der Waals surface area contributed by atoms with Crippen molar-refractivity contribution < 1.29 is 14.3 Å². The maximum atomic E-state index is 11.6. The molecule has 0 radical (unpaired) electrons. The first-order chi connectivity index (χ1) is 11.2. The molecule has 1 heterocycles. The summed E-state index contributed by atoms with van der Waals surface area (Å²) in [6.07, 6.45) is 0.921. The molecule has 1 aromatic rings. The van der Waals surface area contributed by atoms with Crippen molar-refractivity contribution in [3.05, 3.63) is 23.8 Å². The fraction of sp³-hybridized carbons (Fsp3) is 0.500. The number of nitrogens with zero attached hydrogens (tertiary/aromatic N) is 1. The van der Waals surface area contributed by atoms with E-state index in [1.807, 2.05) is 32.0 Å². The molecular formula is C16H25IN4O3. The van der Waals surface area contributed by atoms with Crippen molar-refractivity contribution >= 4 is 35.8 Å². The molecule has 1 aromatic carbocycles. The Morgan fingerprint density at radius 3 is 2.71 bits per heavy atom. The maximum absolute atomic E-state index is 11.6. The summed E-state index contributed by atoms with van der Waals surface area (Å²) in [5.41, 5.74) is 1.02. The Hall–Kier alpha value is -1.71. The van der Waals surface area contributed by atoms with E-state index in [2.05, 4.69) is 20.9 Å². The van der Waals surface area contributed by atoms with Crippen LogP contribution in [0.15, 0.2) is 23.2 Å². The lowest BCUT2D eigenvalue weighted by molar-refractivity contribution is -0.120. The van der Waals surface area contributed by atoms with Gasteiger partial charge < -0.3 is 25.4 Å². The first kappa shape index (κ1) is 20.3. The highest BCUT2D eigenvalue weighted by atomic mass is 127. The molecule has 3 N–H and O–H groups in total. The van der Waals surface area contributed by atoms with Gasteiger partial charge in [-0.05, 0) is 31.0 Å². The third kappa shape index (κ3) is 6.42. The van der Waals surface area contributed by atoms with Gasteiger partial charge in [0.2, 0.25) is 12.7 Å². The first-order valence-electron chi connectivity index (χ1n) is 7.90. The smallest absolute Gasteiger partial charge is 0.239 e. The Morgan fingerprint density at radius 2 is 1.96 bits per heavy atom. The molecule has 0 spiro atoms. The van der Waals surface area contributed by atoms with Crippen LogP contribution in [0.3, 0.4) is 0 Å². The molecule has 0 saturated heterocycles. The van der Waals surface area contributed by atoms with Crippen LogP contribution in [0.2, 0.25) is 0 Å². The number of aliphatic imine (C=N–C) groups is 1. The number of halogens is 1. The summed E-state index contributed by atoms with van der Waals surface area (Å²) in [6.45, 7) is 6.36. The Bertz CT molecular complexity index is 566. The summed E-state index contributed by atoms with van der Waals surface area (Å²) in [5.74, 6) is 2.07. The molecule has 0 aromatic heterocycles. The van der Waals surface area contributed by atoms with Gasteiger partial charge in [-0.3, -0.25) is 4.79 Å². The largest absolute Gasteiger partial charge is 0.454 e. The van der Waals surface area contributed by atoms with Crippen molar-refractivity contribution in [2.45, 2.75) is 26.8 Å². The van der Waals surface area contributed by atoms with Crippen LogP contribution in [0.5, 0.6) is 11.5 Å². The lowest BCUT2D eigenvalue weighted by Gasteiger charge is -2.11. The number of fused-ring (bicyclic) bond motifs is 1. The zero-order valence-electron chi connectivity index (χ0n) is 14.1. The highest BCUT2D eigenvalue weighted by Gasteiger charge is 2.13. The van der Waals surface area contributed by atoms with Gasteiger partial charge in [0.25, 0.3) is 0 Å². The minimum atomic E-state index is -0.0412. The van der Waals surface area contributed by atoms with Gasteiger partial charge >= 0.3 is 0 Å². The van der Waals surface area contributed by atoms with E-state index in [9.17, 15) is 4.79 Å². The van der Waals surface area contributed by atoms with Crippen molar-refractivity contribution in [3.8, 4) is 11.5 Å². The Labute approximate surface area is 159 Å². The standard InChI is InChI=1S/C16H24N4O3.HI/c1-3-7-18-15(21)10-20-16(17-4-2)19-9-12-5-6-13-14(8-12)23-11-22-13;/h5-6,8H,3-4,7,9-11H2,1-2H3,(H,18,21)(H2,17,19,20);1H. The minimum Gasteiger partial charge on any atom is -0.454 e. The molecule has 1 aliphatic heterocycles. The summed E-state index contributed by atoms with van der Waals surface area (Å²) < 4.78 is 10.6. The third-order valence-electron chi connectivity index (χ3n) is 3.19. The molecule has 0 saturated carbocycles. The number of ether oxygens (including phenoxy) is 2. The molecule has 0 fully saturated rings. The predicted octanol–water partition coefficient (Wildman–Crippen LogP) is 1.61. The van der Waals surface area contributed by atoms with E-state index in [0.717, 1.165) is 30.0 Å². The first-order valence-corrected chi connectivity index (χ1v) is 7.90. The quantitative estimate of drug-likeness (QED) is 0.336. The number of carbonyl (C=O) groups is 1. The number of hydrogen-bond donors (Lipinski definition) is 3. The van der Waals surface area contributed by atoms with Gasteiger partial charge in [-0.2, -0.15) is 0 Å². The minimum absolute atomic E-state index is 0. The zero-order valence-corrected chi connectivity index (χ0v) is 16.4. The average molecular weight is 448 g/mol. The van der Waals surface area contributed by atoms with Crippen LogP contribution in [0.4, 0.5) is 0 Å². The second-order valence-electron chi connectivity index (χ2n) is 5.09. The van der Waals surface area contributed by atoms with Gasteiger partial charge in [-0.15, -0.1) is 24.0 Å². The number of benzene rings is 1. The van der Waals surface area contributed by atoms with E-state index in [4.69, 9.17) is 9.47 Å². The number of guanidine groups is 1. The van der Waals surface area contributed by atoms with Gasteiger partial charge in [0.05, 0.1) is 13.1 Å². The fourth-order valence-corrected chi connectivity index (χ4v) is 2.04. The predicted molar refractivity (Wildman–Crippen MR) is 104 cm³/mol. The topological polar surface area (TPSA) is 84.0 Å². The van der Waals surface area contributed by atoms with Crippen LogP contribution in [0.1, 0.15) is 25.8 Å². The Kier molecular flexibility index (Phi) is 9.28. The molecule has 7 nitrogen and oxygen atoms in total. The molecule has 0 atom stereocenters. The van der Waals surface area contributed by atoms with Crippen LogP contribution in [-0.4, -0.2) is 38.3 Å². The van der Waals surface area contributed by atoms with E-state index in [-0.39, 0.29) is 43.2 Å². The number of hydrogen-bond acceptors (Lipinski definition) is 4. The molecule has 134 valence electrons. The van der Waals surface area contributed by atoms with Crippen molar-refractivity contribution in [2.75, 3.05) is 26.4 Å². The Balaban J connectivity index is 0.00000288. The van der Waals surface area contributed by atoms with Crippen LogP contribution < -0.4 is 25.4 Å². The number of nitrogens with one attached hydrogen (secondary N) is 3. The van der Waals surface area contributed by atoms with Gasteiger partial charge in [0, 0.05) is 13.1 Å². The monoisotopic (exact) mass is 448 g/mol. The number of amides is 1. The summed E-state index contributed by atoms with van der Waals surface area (Å²) in [6, 6.07) is 5.75. The fourth-order valence-electron chi connectivity index (χ4n) is 2.04. The van der Waals surface area contributed by atoms with Crippen molar-refractivity contribution in [2.24, 2.45) is 4.99 Å². The van der Waals surface area contributed by atoms with E-state index in [1.165, 1.54) is 0 Å². The van der Waals surface area contributed by atoms with Crippen molar-refractivity contribution in [1.29, 1.82) is 0 Å². The van der Waals surface area contributed by atoms with Crippen molar-refractivity contribution in [1.82, 2.24) is 16.0 Å². The van der Waals surface area contributed by atoms with Crippen LogP contribution in [0.25, 0.3) is 0 Å². The van der Waals surface area contributed by atoms with Crippen LogP contribution >= 0.6 is 24.0 Å². The van der Waals surface area contributed by atoms with E-state index in [0.29, 0.717) is 19.0 Å². The normalized spacial score (nSPS) is 12.3. The summed E-state index contributed by atoms with van der Waals surface area (Å²) in [4.78, 5) is 16.1. The van der Waals surface area contributed by atoms with Gasteiger partial charge in [-0.25, -0.2) is 4.99 Å². The van der Waals surface area contributed by atoms with E-state index < -0.39 is 0 Å². The van der Waals surface area contributed by atoms with E-state index >= 15 is 0 Å². The van der Waals surface area contributed by atoms with Gasteiger partial charge in [0.1, 0.15) is 0 Å². The molecule has 24 heavy (non-hydrogen) atoms. The summed E-state index contributed by atoms with van der Waals surface area (Å²) >= 11 is 0. The number of carbonyl (C=O) groups excluding carboxylic acids is 1. The highest BCUT2D eigenvalue weighted by Crippen LogP contribution is 2.32. The van der Waals surface area contributed by atoms with Gasteiger partial charge in [-0.1, -0.05) is 13.0 Å². The second kappa shape index (κ2) is 11.0. The van der Waals surface area contributed by atoms with Gasteiger partial charge in [0.15, 0.2) is 17.5 Å². The molecule has 0 aliphatic carbocycles. The molecule has 8 heteroatoms. The second-order valence-corrected chi connectivity index (χ2v) is 5.09. The maximum Gasteiger partial charge on any atom is 0.239 e. The third-order valence-corrected chi connectivity index (χ3v) is 3.19. The molecular weight excluding hydrogens is 423 g/mol. The molecule has 2 rings (SSSR count). The van der Waals surface area contributed by atoms with Crippen LogP contribution in [-0.2, 0) is 11.3 Å². The molecule has 0 unspecified atom stereocenters. The SMILES string of the molecule is CCCNC(=O)CNC(=NCc1ccc2c(c1)OCO2)NCC.I. The van der Waals surface area contributed by atoms with E-state index in [1.54, 1.807) is 0 Å². The lowest BCUT2D eigenvalue weighted by atomic mass is 10.2. The summed E-state index contributed by atoms with van der Waals surface area (Å²) in [7, 11) is 0.